The Labute approximate surface area is 160 Å². The molecule has 0 bridgehead atoms. The van der Waals surface area contributed by atoms with Crippen molar-refractivity contribution >= 4 is 23.5 Å². The fourth-order valence-electron chi connectivity index (χ4n) is 3.52. The highest BCUT2D eigenvalue weighted by molar-refractivity contribution is 6.58. The van der Waals surface area contributed by atoms with Gasteiger partial charge in [0.15, 0.2) is 0 Å². The minimum Gasteiger partial charge on any atom is -0.469 e. The van der Waals surface area contributed by atoms with Crippen LogP contribution in [0.25, 0.3) is 22.2 Å². The third-order valence-corrected chi connectivity index (χ3v) is 4.77. The number of aromatic amines is 1. The van der Waals surface area contributed by atoms with Gasteiger partial charge in [-0.3, -0.25) is 10.1 Å². The van der Waals surface area contributed by atoms with Crippen molar-refractivity contribution < 1.29 is 19.4 Å². The highest BCUT2D eigenvalue weighted by atomic mass is 16.6. The summed E-state index contributed by atoms with van der Waals surface area (Å²) in [4.78, 5) is 14.4. The van der Waals surface area contributed by atoms with E-state index in [1.165, 1.54) is 12.3 Å². The van der Waals surface area contributed by atoms with Gasteiger partial charge < -0.3 is 19.4 Å². The van der Waals surface area contributed by atoms with Gasteiger partial charge in [0.25, 0.3) is 0 Å². The standard InChI is InChI=1S/C20H17BN2O5/c24-21(25)14-10-18(28-12-14)16(11-23(26)27)19-15-8-4-5-9-17(15)22-20(19)13-6-2-1-3-7-13/h1-10,12,16,22,24-25H,11H2. The molecule has 0 spiro atoms. The number of H-pyrrole nitrogens is 1. The van der Waals surface area contributed by atoms with E-state index in [1.807, 2.05) is 54.6 Å². The number of hydrogen-bond acceptors (Lipinski definition) is 5. The maximum atomic E-state index is 11.5. The summed E-state index contributed by atoms with van der Waals surface area (Å²) in [7, 11) is -1.70. The Kier molecular flexibility index (Phi) is 4.73. The molecule has 0 amide bonds. The van der Waals surface area contributed by atoms with Crippen LogP contribution in [0.4, 0.5) is 0 Å². The lowest BCUT2D eigenvalue weighted by atomic mass is 9.81. The number of hydrogen-bond donors (Lipinski definition) is 3. The average Bonchev–Trinajstić information content (AvgIpc) is 3.32. The Morgan fingerprint density at radius 3 is 2.50 bits per heavy atom. The van der Waals surface area contributed by atoms with Crippen LogP contribution in [0.3, 0.4) is 0 Å². The largest absolute Gasteiger partial charge is 0.491 e. The lowest BCUT2D eigenvalue weighted by molar-refractivity contribution is -0.482. The van der Waals surface area contributed by atoms with Crippen molar-refractivity contribution in [3.63, 3.8) is 0 Å². The first-order valence-electron chi connectivity index (χ1n) is 8.77. The van der Waals surface area contributed by atoms with E-state index >= 15 is 0 Å². The molecule has 1 unspecified atom stereocenters. The Hall–Kier alpha value is -3.36. The zero-order chi connectivity index (χ0) is 19.7. The second-order valence-corrected chi connectivity index (χ2v) is 6.55. The molecule has 1 atom stereocenters. The number of furan rings is 1. The topological polar surface area (TPSA) is 113 Å². The summed E-state index contributed by atoms with van der Waals surface area (Å²) < 4.78 is 5.51. The SMILES string of the molecule is O=[N+]([O-])CC(c1cc(B(O)O)co1)c1c(-c2ccccc2)[nH]c2ccccc12. The Morgan fingerprint density at radius 1 is 1.11 bits per heavy atom. The van der Waals surface area contributed by atoms with E-state index in [0.29, 0.717) is 5.76 Å². The molecule has 0 aliphatic rings. The van der Waals surface area contributed by atoms with Gasteiger partial charge in [-0.15, -0.1) is 0 Å². The maximum absolute atomic E-state index is 11.5. The van der Waals surface area contributed by atoms with E-state index in [1.54, 1.807) is 0 Å². The number of fused-ring (bicyclic) bond motifs is 1. The first-order chi connectivity index (χ1) is 13.5. The van der Waals surface area contributed by atoms with Crippen LogP contribution in [0.5, 0.6) is 0 Å². The zero-order valence-corrected chi connectivity index (χ0v) is 14.8. The molecule has 7 nitrogen and oxygen atoms in total. The van der Waals surface area contributed by atoms with Gasteiger partial charge in [0, 0.05) is 26.9 Å². The molecule has 0 saturated heterocycles. The summed E-state index contributed by atoms with van der Waals surface area (Å²) in [5.74, 6) is -0.393. The third kappa shape index (κ3) is 3.31. The molecule has 8 heteroatoms. The molecule has 0 radical (unpaired) electrons. The van der Waals surface area contributed by atoms with Crippen LogP contribution in [0, 0.1) is 10.1 Å². The van der Waals surface area contributed by atoms with Gasteiger partial charge in [0.2, 0.25) is 6.54 Å². The quantitative estimate of drug-likeness (QED) is 0.272. The minimum atomic E-state index is -1.70. The maximum Gasteiger partial charge on any atom is 0.491 e. The van der Waals surface area contributed by atoms with E-state index in [4.69, 9.17) is 4.42 Å². The van der Waals surface area contributed by atoms with Crippen LogP contribution < -0.4 is 5.46 Å². The summed E-state index contributed by atoms with van der Waals surface area (Å²) >= 11 is 0. The monoisotopic (exact) mass is 376 g/mol. The fraction of sp³-hybridized carbons (Fsp3) is 0.100. The molecule has 4 aromatic rings. The van der Waals surface area contributed by atoms with Gasteiger partial charge in [0.05, 0.1) is 12.0 Å². The van der Waals surface area contributed by atoms with Crippen LogP contribution in [-0.4, -0.2) is 33.6 Å². The Balaban J connectivity index is 1.95. The van der Waals surface area contributed by atoms with Crippen LogP contribution >= 0.6 is 0 Å². The van der Waals surface area contributed by atoms with Gasteiger partial charge in [-0.05, 0) is 17.7 Å². The van der Waals surface area contributed by atoms with Gasteiger partial charge in [-0.2, -0.15) is 0 Å². The lowest BCUT2D eigenvalue weighted by Gasteiger charge is -2.13. The molecule has 0 aliphatic heterocycles. The van der Waals surface area contributed by atoms with Crippen molar-refractivity contribution in [2.45, 2.75) is 5.92 Å². The summed E-state index contributed by atoms with van der Waals surface area (Å²) in [6.07, 6.45) is 1.21. The normalized spacial score (nSPS) is 12.2. The number of rotatable bonds is 6. The van der Waals surface area contributed by atoms with E-state index in [-0.39, 0.29) is 5.46 Å². The first-order valence-corrected chi connectivity index (χ1v) is 8.77. The summed E-state index contributed by atoms with van der Waals surface area (Å²) in [5.41, 5.74) is 3.43. The highest BCUT2D eigenvalue weighted by Gasteiger charge is 2.31. The molecular weight excluding hydrogens is 359 g/mol. The number of benzene rings is 2. The van der Waals surface area contributed by atoms with Crippen molar-refractivity contribution in [1.29, 1.82) is 0 Å². The number of aromatic nitrogens is 1. The smallest absolute Gasteiger partial charge is 0.469 e. The second-order valence-electron chi connectivity index (χ2n) is 6.55. The average molecular weight is 376 g/mol. The third-order valence-electron chi connectivity index (χ3n) is 4.77. The number of nitrogens with zero attached hydrogens (tertiary/aromatic N) is 1. The fourth-order valence-corrected chi connectivity index (χ4v) is 3.52. The molecule has 0 fully saturated rings. The molecule has 2 aromatic heterocycles. The highest BCUT2D eigenvalue weighted by Crippen LogP contribution is 2.38. The lowest BCUT2D eigenvalue weighted by Crippen LogP contribution is -2.28. The Morgan fingerprint density at radius 2 is 1.82 bits per heavy atom. The van der Waals surface area contributed by atoms with Crippen LogP contribution in [0.1, 0.15) is 17.2 Å². The number of nitrogens with one attached hydrogen (secondary N) is 1. The van der Waals surface area contributed by atoms with E-state index in [0.717, 1.165) is 27.7 Å². The van der Waals surface area contributed by atoms with Gasteiger partial charge in [-0.1, -0.05) is 48.5 Å². The summed E-state index contributed by atoms with van der Waals surface area (Å²) in [6.45, 7) is -0.393. The van der Waals surface area contributed by atoms with Crippen molar-refractivity contribution in [1.82, 2.24) is 4.98 Å². The van der Waals surface area contributed by atoms with Crippen molar-refractivity contribution in [3.05, 3.63) is 88.4 Å². The molecule has 0 saturated carbocycles. The zero-order valence-electron chi connectivity index (χ0n) is 14.8. The van der Waals surface area contributed by atoms with Crippen molar-refractivity contribution in [2.75, 3.05) is 6.54 Å². The van der Waals surface area contributed by atoms with E-state index < -0.39 is 24.5 Å². The van der Waals surface area contributed by atoms with E-state index in [9.17, 15) is 20.2 Å². The van der Waals surface area contributed by atoms with Crippen LogP contribution in [0.15, 0.2) is 71.3 Å². The summed E-state index contributed by atoms with van der Waals surface area (Å²) in [5, 5.41) is 31.1. The van der Waals surface area contributed by atoms with Crippen molar-refractivity contribution in [2.24, 2.45) is 0 Å². The van der Waals surface area contributed by atoms with Gasteiger partial charge in [-0.25, -0.2) is 0 Å². The summed E-state index contributed by atoms with van der Waals surface area (Å²) in [6, 6.07) is 18.6. The molecule has 4 rings (SSSR count). The Bertz CT molecular complexity index is 1120. The first kappa shape index (κ1) is 18.0. The molecule has 3 N–H and O–H groups in total. The predicted octanol–water partition coefficient (Wildman–Crippen LogP) is 2.52. The molecule has 2 aromatic carbocycles. The molecule has 140 valence electrons. The van der Waals surface area contributed by atoms with Gasteiger partial charge in [0.1, 0.15) is 11.7 Å². The molecule has 28 heavy (non-hydrogen) atoms. The van der Waals surface area contributed by atoms with Gasteiger partial charge >= 0.3 is 7.12 Å². The number of para-hydroxylation sites is 1. The number of nitro groups is 1. The van der Waals surface area contributed by atoms with Crippen LogP contribution in [0.2, 0.25) is 0 Å². The van der Waals surface area contributed by atoms with E-state index in [2.05, 4.69) is 4.98 Å². The van der Waals surface area contributed by atoms with Crippen LogP contribution in [-0.2, 0) is 0 Å². The van der Waals surface area contributed by atoms with Crippen molar-refractivity contribution in [3.8, 4) is 11.3 Å². The second kappa shape index (κ2) is 7.34. The molecular formula is C20H17BN2O5. The minimum absolute atomic E-state index is 0.157. The molecule has 2 heterocycles. The molecule has 0 aliphatic carbocycles. The predicted molar refractivity (Wildman–Crippen MR) is 106 cm³/mol.